The van der Waals surface area contributed by atoms with E-state index in [2.05, 4.69) is 5.16 Å². The van der Waals surface area contributed by atoms with Crippen LogP contribution in [0, 0.1) is 0 Å². The smallest absolute Gasteiger partial charge is 0.333 e. The van der Waals surface area contributed by atoms with Gasteiger partial charge in [-0.2, -0.15) is 0 Å². The minimum absolute atomic E-state index is 0.301. The lowest BCUT2D eigenvalue weighted by atomic mass is 10.1. The highest BCUT2D eigenvalue weighted by molar-refractivity contribution is 6.12. The molecule has 1 unspecified atom stereocenters. The van der Waals surface area contributed by atoms with Gasteiger partial charge in [0.25, 0.3) is 0 Å². The Kier molecular flexibility index (Phi) is 7.74. The van der Waals surface area contributed by atoms with Crippen molar-refractivity contribution in [1.29, 1.82) is 0 Å². The third kappa shape index (κ3) is 5.85. The van der Waals surface area contributed by atoms with Gasteiger partial charge < -0.3 is 24.4 Å². The van der Waals surface area contributed by atoms with E-state index in [0.717, 1.165) is 22.2 Å². The first-order valence-corrected chi connectivity index (χ1v) is 11.4. The number of hydrogen-bond donors (Lipinski definition) is 2. The zero-order valence-electron chi connectivity index (χ0n) is 19.4. The van der Waals surface area contributed by atoms with Crippen molar-refractivity contribution < 1.29 is 24.6 Å². The number of carbonyl (C=O) groups is 1. The van der Waals surface area contributed by atoms with Gasteiger partial charge >= 0.3 is 5.97 Å². The number of oxime groups is 1. The van der Waals surface area contributed by atoms with Crippen LogP contribution in [0.1, 0.15) is 23.7 Å². The van der Waals surface area contributed by atoms with E-state index in [1.807, 2.05) is 83.6 Å². The SMILES string of the molecule is CCOC(Cc1ccc(OCCn2ccc3ccc(C(=NO)c4ccccc4)nc32)cc1)C(=O)O. The molecule has 0 aliphatic heterocycles. The summed E-state index contributed by atoms with van der Waals surface area (Å²) in [6.45, 7) is 3.12. The normalized spacial score (nSPS) is 12.5. The van der Waals surface area contributed by atoms with E-state index < -0.39 is 12.1 Å². The summed E-state index contributed by atoms with van der Waals surface area (Å²) < 4.78 is 13.2. The second-order valence-electron chi connectivity index (χ2n) is 7.91. The number of rotatable bonds is 11. The molecule has 35 heavy (non-hydrogen) atoms. The van der Waals surface area contributed by atoms with Crippen molar-refractivity contribution >= 4 is 22.7 Å². The number of pyridine rings is 1. The second kappa shape index (κ2) is 11.3. The van der Waals surface area contributed by atoms with Gasteiger partial charge in [0.2, 0.25) is 0 Å². The molecule has 2 aromatic carbocycles. The molecular weight excluding hydrogens is 446 g/mol. The summed E-state index contributed by atoms with van der Waals surface area (Å²) in [4.78, 5) is 16.0. The third-order valence-corrected chi connectivity index (χ3v) is 5.59. The van der Waals surface area contributed by atoms with E-state index in [-0.39, 0.29) is 0 Å². The Hall–Kier alpha value is -4.17. The van der Waals surface area contributed by atoms with Crippen molar-refractivity contribution in [2.75, 3.05) is 13.2 Å². The van der Waals surface area contributed by atoms with Crippen LogP contribution in [0.15, 0.2) is 84.1 Å². The van der Waals surface area contributed by atoms with Crippen LogP contribution in [-0.4, -0.2) is 50.9 Å². The lowest BCUT2D eigenvalue weighted by Gasteiger charge is -2.13. The minimum Gasteiger partial charge on any atom is -0.492 e. The van der Waals surface area contributed by atoms with Crippen molar-refractivity contribution in [3.8, 4) is 5.75 Å². The zero-order valence-corrected chi connectivity index (χ0v) is 19.4. The zero-order chi connectivity index (χ0) is 24.6. The van der Waals surface area contributed by atoms with Crippen LogP contribution in [0.3, 0.4) is 0 Å². The Morgan fingerprint density at radius 2 is 1.83 bits per heavy atom. The second-order valence-corrected chi connectivity index (χ2v) is 7.91. The topological polar surface area (TPSA) is 106 Å². The van der Waals surface area contributed by atoms with Gasteiger partial charge in [0.1, 0.15) is 23.7 Å². The summed E-state index contributed by atoms with van der Waals surface area (Å²) in [5.41, 5.74) is 3.41. The first-order chi connectivity index (χ1) is 17.1. The Morgan fingerprint density at radius 1 is 1.06 bits per heavy atom. The maximum absolute atomic E-state index is 11.3. The van der Waals surface area contributed by atoms with E-state index >= 15 is 0 Å². The molecule has 0 saturated heterocycles. The molecule has 0 spiro atoms. The number of carboxylic acids is 1. The summed E-state index contributed by atoms with van der Waals surface area (Å²) in [5, 5.41) is 23.3. The molecule has 0 aliphatic rings. The number of aliphatic carboxylic acids is 1. The summed E-state index contributed by atoms with van der Waals surface area (Å²) in [7, 11) is 0. The molecule has 0 amide bonds. The number of fused-ring (bicyclic) bond motifs is 1. The number of hydrogen-bond acceptors (Lipinski definition) is 6. The molecule has 2 aromatic heterocycles. The third-order valence-electron chi connectivity index (χ3n) is 5.59. The molecule has 0 bridgehead atoms. The highest BCUT2D eigenvalue weighted by Gasteiger charge is 2.18. The van der Waals surface area contributed by atoms with Crippen LogP contribution < -0.4 is 4.74 Å². The standard InChI is InChI=1S/C27H27N3O5/c1-2-34-24(27(31)32)18-19-8-11-22(12-9-19)35-17-16-30-15-14-21-10-13-23(28-26(21)30)25(29-33)20-6-4-3-5-7-20/h3-15,24,33H,2,16-18H2,1H3,(H,31,32). The highest BCUT2D eigenvalue weighted by Crippen LogP contribution is 2.18. The van der Waals surface area contributed by atoms with E-state index in [1.54, 1.807) is 6.92 Å². The Labute approximate surface area is 203 Å². The van der Waals surface area contributed by atoms with E-state index in [9.17, 15) is 15.1 Å². The summed E-state index contributed by atoms with van der Waals surface area (Å²) in [5.74, 6) is -0.273. The van der Waals surface area contributed by atoms with Gasteiger partial charge in [-0.25, -0.2) is 9.78 Å². The first kappa shape index (κ1) is 24.0. The number of benzene rings is 2. The first-order valence-electron chi connectivity index (χ1n) is 11.4. The largest absolute Gasteiger partial charge is 0.492 e. The van der Waals surface area contributed by atoms with Crippen LogP contribution in [0.5, 0.6) is 5.75 Å². The molecule has 180 valence electrons. The van der Waals surface area contributed by atoms with Crippen LogP contribution in [0.2, 0.25) is 0 Å². The van der Waals surface area contributed by atoms with E-state index in [1.165, 1.54) is 0 Å². The van der Waals surface area contributed by atoms with Crippen LogP contribution in [-0.2, 0) is 22.5 Å². The molecule has 0 aliphatic carbocycles. The summed E-state index contributed by atoms with van der Waals surface area (Å²) >= 11 is 0. The Bertz CT molecular complexity index is 1300. The fourth-order valence-electron chi connectivity index (χ4n) is 3.84. The van der Waals surface area contributed by atoms with Gasteiger partial charge in [-0.15, -0.1) is 0 Å². The van der Waals surface area contributed by atoms with Crippen molar-refractivity contribution in [3.05, 3.63) is 95.8 Å². The molecule has 4 rings (SSSR count). The lowest BCUT2D eigenvalue weighted by Crippen LogP contribution is -2.26. The van der Waals surface area contributed by atoms with E-state index in [0.29, 0.717) is 43.3 Å². The number of ether oxygens (including phenoxy) is 2. The van der Waals surface area contributed by atoms with Crippen molar-refractivity contribution in [2.45, 2.75) is 26.0 Å². The van der Waals surface area contributed by atoms with Crippen molar-refractivity contribution in [2.24, 2.45) is 5.16 Å². The highest BCUT2D eigenvalue weighted by atomic mass is 16.5. The van der Waals surface area contributed by atoms with Gasteiger partial charge in [0, 0.05) is 30.2 Å². The number of carboxylic acid groups (broad SMARTS) is 1. The van der Waals surface area contributed by atoms with Gasteiger partial charge in [0.15, 0.2) is 6.10 Å². The molecule has 2 heterocycles. The maximum Gasteiger partial charge on any atom is 0.333 e. The molecule has 4 aromatic rings. The molecule has 8 heteroatoms. The van der Waals surface area contributed by atoms with Crippen LogP contribution in [0.25, 0.3) is 11.0 Å². The number of nitrogens with zero attached hydrogens (tertiary/aromatic N) is 3. The Balaban J connectivity index is 1.41. The van der Waals surface area contributed by atoms with Crippen molar-refractivity contribution in [3.63, 3.8) is 0 Å². The molecule has 8 nitrogen and oxygen atoms in total. The van der Waals surface area contributed by atoms with Gasteiger partial charge in [-0.3, -0.25) is 0 Å². The molecule has 2 N–H and O–H groups in total. The molecule has 0 fully saturated rings. The fourth-order valence-corrected chi connectivity index (χ4v) is 3.84. The Morgan fingerprint density at radius 3 is 2.51 bits per heavy atom. The lowest BCUT2D eigenvalue weighted by molar-refractivity contribution is -0.149. The summed E-state index contributed by atoms with van der Waals surface area (Å²) in [6, 6.07) is 22.5. The average molecular weight is 474 g/mol. The van der Waals surface area contributed by atoms with Gasteiger partial charge in [-0.05, 0) is 42.8 Å². The molecular formula is C27H27N3O5. The molecule has 1 atom stereocenters. The van der Waals surface area contributed by atoms with Crippen LogP contribution in [0.4, 0.5) is 0 Å². The quantitative estimate of drug-likeness (QED) is 0.190. The molecule has 0 radical (unpaired) electrons. The van der Waals surface area contributed by atoms with Gasteiger partial charge in [-0.1, -0.05) is 47.6 Å². The molecule has 0 saturated carbocycles. The average Bonchev–Trinajstić information content (AvgIpc) is 3.28. The van der Waals surface area contributed by atoms with E-state index in [4.69, 9.17) is 14.5 Å². The van der Waals surface area contributed by atoms with Crippen molar-refractivity contribution in [1.82, 2.24) is 9.55 Å². The van der Waals surface area contributed by atoms with Gasteiger partial charge in [0.05, 0.1) is 12.2 Å². The minimum atomic E-state index is -0.968. The predicted octanol–water partition coefficient (Wildman–Crippen LogP) is 4.37. The summed E-state index contributed by atoms with van der Waals surface area (Å²) in [6.07, 6.45) is 1.39. The fraction of sp³-hybridized carbons (Fsp3) is 0.222. The predicted molar refractivity (Wildman–Crippen MR) is 132 cm³/mol. The maximum atomic E-state index is 11.3. The monoisotopic (exact) mass is 473 g/mol. The van der Waals surface area contributed by atoms with Crippen LogP contribution >= 0.6 is 0 Å². The number of aromatic nitrogens is 2.